The highest BCUT2D eigenvalue weighted by Gasteiger charge is 2.58. The van der Waals surface area contributed by atoms with Crippen molar-refractivity contribution in [2.45, 2.75) is 75.8 Å². The largest absolute Gasteiger partial charge is 0.416 e. The molecule has 11 heteroatoms. The van der Waals surface area contributed by atoms with Crippen LogP contribution in [0.4, 0.5) is 13.2 Å². The lowest BCUT2D eigenvalue weighted by Crippen LogP contribution is -2.60. The van der Waals surface area contributed by atoms with Gasteiger partial charge in [-0.25, -0.2) is 0 Å². The second kappa shape index (κ2) is 12.5. The summed E-state index contributed by atoms with van der Waals surface area (Å²) in [5, 5.41) is 12.0. The first-order chi connectivity index (χ1) is 19.3. The Kier molecular flexibility index (Phi) is 9.41. The van der Waals surface area contributed by atoms with Crippen LogP contribution in [-0.2, 0) is 43.1 Å². The number of likely N-dealkylation sites (N-methyl/N-ethyl adjacent to an activating group) is 1. The highest BCUT2D eigenvalue weighted by Crippen LogP contribution is 2.44. The van der Waals surface area contributed by atoms with Gasteiger partial charge in [-0.15, -0.1) is 0 Å². The van der Waals surface area contributed by atoms with E-state index in [0.29, 0.717) is 24.2 Å². The lowest BCUT2D eigenvalue weighted by Gasteiger charge is -2.43. The van der Waals surface area contributed by atoms with Crippen molar-refractivity contribution in [3.05, 3.63) is 70.8 Å². The molecule has 1 amide bonds. The summed E-state index contributed by atoms with van der Waals surface area (Å²) >= 11 is 0. The minimum Gasteiger partial charge on any atom is -0.371 e. The molecule has 2 fully saturated rings. The van der Waals surface area contributed by atoms with Crippen molar-refractivity contribution in [1.29, 1.82) is 5.26 Å². The number of nitrogens with zero attached hydrogens (tertiary/aromatic N) is 2. The van der Waals surface area contributed by atoms with Crippen molar-refractivity contribution in [1.82, 2.24) is 10.2 Å². The minimum absolute atomic E-state index is 0.108. The Bertz CT molecular complexity index is 1250. The molecule has 8 nitrogen and oxygen atoms in total. The molecule has 0 aromatic heterocycles. The monoisotopic (exact) mass is 575 g/mol. The summed E-state index contributed by atoms with van der Waals surface area (Å²) in [7, 11) is 3.77. The van der Waals surface area contributed by atoms with E-state index in [2.05, 4.69) is 11.4 Å². The van der Waals surface area contributed by atoms with Crippen LogP contribution in [0.5, 0.6) is 0 Å². The Hall–Kier alpha value is -3.01. The SMILES string of the molecule is CN(C)CCNC(=O)[C@@]1(OCc2cccc(C(F)(F)F)c2)C[C@@H](OCc2ccc(C#N)cc2)[C@@H]2OC(C)(C)O[C@@H]2C1. The van der Waals surface area contributed by atoms with Gasteiger partial charge in [0.05, 0.1) is 42.6 Å². The number of hydrogen-bond donors (Lipinski definition) is 1. The Morgan fingerprint density at radius 3 is 2.49 bits per heavy atom. The number of nitrogens with one attached hydrogen (secondary N) is 1. The molecule has 4 atom stereocenters. The minimum atomic E-state index is -4.50. The molecular weight excluding hydrogens is 539 g/mol. The number of carbonyl (C=O) groups excluding carboxylic acids is 1. The predicted molar refractivity (Wildman–Crippen MR) is 143 cm³/mol. The van der Waals surface area contributed by atoms with Gasteiger partial charge in [0.2, 0.25) is 0 Å². The van der Waals surface area contributed by atoms with Crippen molar-refractivity contribution in [3.63, 3.8) is 0 Å². The second-order valence-corrected chi connectivity index (χ2v) is 11.2. The summed E-state index contributed by atoms with van der Waals surface area (Å²) in [6, 6.07) is 13.9. The summed E-state index contributed by atoms with van der Waals surface area (Å²) in [4.78, 5) is 15.7. The first kappa shape index (κ1) is 30.9. The van der Waals surface area contributed by atoms with E-state index in [1.54, 1.807) is 38.1 Å². The van der Waals surface area contributed by atoms with E-state index in [1.165, 1.54) is 12.1 Å². The molecule has 2 aliphatic rings. The zero-order chi connectivity index (χ0) is 29.8. The number of halogens is 3. The van der Waals surface area contributed by atoms with Gasteiger partial charge in [0.1, 0.15) is 6.10 Å². The molecule has 0 radical (unpaired) electrons. The summed E-state index contributed by atoms with van der Waals surface area (Å²) in [6.45, 7) is 4.49. The number of rotatable bonds is 10. The van der Waals surface area contributed by atoms with E-state index in [4.69, 9.17) is 24.2 Å². The van der Waals surface area contributed by atoms with Crippen LogP contribution in [0, 0.1) is 11.3 Å². The molecule has 1 N–H and O–H groups in total. The van der Waals surface area contributed by atoms with E-state index in [0.717, 1.165) is 17.7 Å². The second-order valence-electron chi connectivity index (χ2n) is 11.2. The molecule has 2 aromatic rings. The number of carbonyl (C=O) groups is 1. The zero-order valence-corrected chi connectivity index (χ0v) is 23.7. The van der Waals surface area contributed by atoms with Gasteiger partial charge in [-0.1, -0.05) is 24.3 Å². The molecule has 2 aromatic carbocycles. The number of amides is 1. The molecule has 1 saturated carbocycles. The topological polar surface area (TPSA) is 93.1 Å². The maximum absolute atomic E-state index is 13.8. The third kappa shape index (κ3) is 7.84. The van der Waals surface area contributed by atoms with Crippen LogP contribution in [0.2, 0.25) is 0 Å². The third-order valence-corrected chi connectivity index (χ3v) is 7.22. The van der Waals surface area contributed by atoms with E-state index in [9.17, 15) is 18.0 Å². The van der Waals surface area contributed by atoms with Crippen molar-refractivity contribution < 1.29 is 36.9 Å². The number of ether oxygens (including phenoxy) is 4. The highest BCUT2D eigenvalue weighted by molar-refractivity contribution is 5.85. The molecule has 0 spiro atoms. The van der Waals surface area contributed by atoms with Gasteiger partial charge in [0.25, 0.3) is 5.91 Å². The number of alkyl halides is 3. The van der Waals surface area contributed by atoms with Gasteiger partial charge < -0.3 is 29.2 Å². The zero-order valence-electron chi connectivity index (χ0n) is 23.7. The van der Waals surface area contributed by atoms with Crippen LogP contribution in [-0.4, -0.2) is 67.7 Å². The third-order valence-electron chi connectivity index (χ3n) is 7.22. The Morgan fingerprint density at radius 1 is 1.10 bits per heavy atom. The average Bonchev–Trinajstić information content (AvgIpc) is 3.24. The van der Waals surface area contributed by atoms with E-state index in [-0.39, 0.29) is 32.0 Å². The fraction of sp³-hybridized carbons (Fsp3) is 0.533. The maximum atomic E-state index is 13.8. The van der Waals surface area contributed by atoms with Gasteiger partial charge in [-0.3, -0.25) is 4.79 Å². The summed E-state index contributed by atoms with van der Waals surface area (Å²) in [6.07, 6.45) is -5.90. The molecule has 0 bridgehead atoms. The van der Waals surface area contributed by atoms with Crippen molar-refractivity contribution in [3.8, 4) is 6.07 Å². The summed E-state index contributed by atoms with van der Waals surface area (Å²) in [5.41, 5.74) is -0.584. The fourth-order valence-electron chi connectivity index (χ4n) is 5.20. The Labute approximate surface area is 238 Å². The van der Waals surface area contributed by atoms with Gasteiger partial charge in [-0.2, -0.15) is 18.4 Å². The molecule has 0 unspecified atom stereocenters. The number of hydrogen-bond acceptors (Lipinski definition) is 7. The molecule has 4 rings (SSSR count). The van der Waals surface area contributed by atoms with Gasteiger partial charge in [0, 0.05) is 25.9 Å². The molecule has 41 heavy (non-hydrogen) atoms. The lowest BCUT2D eigenvalue weighted by molar-refractivity contribution is -0.183. The highest BCUT2D eigenvalue weighted by atomic mass is 19.4. The van der Waals surface area contributed by atoms with Crippen LogP contribution in [0.25, 0.3) is 0 Å². The van der Waals surface area contributed by atoms with Crippen LogP contribution < -0.4 is 5.32 Å². The Balaban J connectivity index is 1.60. The predicted octanol–water partition coefficient (Wildman–Crippen LogP) is 4.41. The first-order valence-corrected chi connectivity index (χ1v) is 13.5. The van der Waals surface area contributed by atoms with Crippen molar-refractivity contribution >= 4 is 5.91 Å². The van der Waals surface area contributed by atoms with Crippen molar-refractivity contribution in [2.24, 2.45) is 0 Å². The fourth-order valence-corrected chi connectivity index (χ4v) is 5.20. The standard InChI is InChI=1S/C30H36F3N3O5/c1-28(2)40-25-16-29(27(37)35-12-13-36(3)4,39-19-22-6-5-7-23(14-22)30(31,32)33)15-24(26(25)41-28)38-18-21-10-8-20(17-34)9-11-21/h5-11,14,24-26H,12-13,15-16,18-19H2,1-4H3,(H,35,37)/t24-,25-,26+,29-/m1/s1. The van der Waals surface area contributed by atoms with Crippen LogP contribution in [0.1, 0.15) is 48.9 Å². The Morgan fingerprint density at radius 2 is 1.83 bits per heavy atom. The summed E-state index contributed by atoms with van der Waals surface area (Å²) in [5.74, 6) is -1.31. The van der Waals surface area contributed by atoms with Crippen LogP contribution >= 0.6 is 0 Å². The van der Waals surface area contributed by atoms with E-state index >= 15 is 0 Å². The summed E-state index contributed by atoms with van der Waals surface area (Å²) < 4.78 is 65.0. The molecule has 1 aliphatic carbocycles. The van der Waals surface area contributed by atoms with E-state index in [1.807, 2.05) is 19.0 Å². The van der Waals surface area contributed by atoms with Gasteiger partial charge in [0.15, 0.2) is 11.4 Å². The van der Waals surface area contributed by atoms with Gasteiger partial charge >= 0.3 is 6.18 Å². The smallest absolute Gasteiger partial charge is 0.371 e. The quantitative estimate of drug-likeness (QED) is 0.449. The van der Waals surface area contributed by atoms with Crippen LogP contribution in [0.3, 0.4) is 0 Å². The first-order valence-electron chi connectivity index (χ1n) is 13.5. The maximum Gasteiger partial charge on any atom is 0.416 e. The lowest BCUT2D eigenvalue weighted by atomic mass is 9.78. The number of nitriles is 1. The van der Waals surface area contributed by atoms with Crippen LogP contribution in [0.15, 0.2) is 48.5 Å². The molecule has 1 saturated heterocycles. The molecule has 1 heterocycles. The number of fused-ring (bicyclic) bond motifs is 1. The van der Waals surface area contributed by atoms with E-state index < -0.39 is 41.4 Å². The number of benzene rings is 2. The average molecular weight is 576 g/mol. The van der Waals surface area contributed by atoms with Gasteiger partial charge in [-0.05, 0) is 63.3 Å². The van der Waals surface area contributed by atoms with Crippen molar-refractivity contribution in [2.75, 3.05) is 27.2 Å². The molecule has 222 valence electrons. The molecular formula is C30H36F3N3O5. The normalized spacial score (nSPS) is 25.5. The molecule has 1 aliphatic heterocycles.